The van der Waals surface area contributed by atoms with E-state index in [0.717, 1.165) is 31.4 Å². The molecule has 1 saturated heterocycles. The Hall–Kier alpha value is -1.72. The van der Waals surface area contributed by atoms with Crippen molar-refractivity contribution in [2.24, 2.45) is 0 Å². The first-order valence-electron chi connectivity index (χ1n) is 6.97. The zero-order chi connectivity index (χ0) is 15.5. The van der Waals surface area contributed by atoms with Crippen LogP contribution in [-0.4, -0.2) is 30.0 Å². The molecule has 2 rings (SSSR count). The minimum Gasteiger partial charge on any atom is -0.484 e. The van der Waals surface area contributed by atoms with Gasteiger partial charge in [0.1, 0.15) is 5.75 Å². The molecule has 1 fully saturated rings. The Kier molecular flexibility index (Phi) is 4.75. The van der Waals surface area contributed by atoms with Crippen molar-refractivity contribution in [3.05, 3.63) is 29.8 Å². The van der Waals surface area contributed by atoms with Gasteiger partial charge in [-0.25, -0.2) is 0 Å². The molecule has 1 aromatic carbocycles. The fourth-order valence-electron chi connectivity index (χ4n) is 2.46. The lowest BCUT2D eigenvalue weighted by molar-refractivity contribution is -0.137. The lowest BCUT2D eigenvalue weighted by Gasteiger charge is -2.33. The first kappa shape index (κ1) is 15.7. The Morgan fingerprint density at radius 3 is 2.81 bits per heavy atom. The van der Waals surface area contributed by atoms with Crippen molar-refractivity contribution in [3.63, 3.8) is 0 Å². The van der Waals surface area contributed by atoms with Crippen molar-refractivity contribution in [2.45, 2.75) is 38.4 Å². The normalized spacial score (nSPS) is 19.4. The smallest absolute Gasteiger partial charge is 0.416 e. The minimum absolute atomic E-state index is 0.0582. The Bertz CT molecular complexity index is 502. The summed E-state index contributed by atoms with van der Waals surface area (Å²) in [4.78, 5) is 13.8. The van der Waals surface area contributed by atoms with E-state index < -0.39 is 11.7 Å². The number of ether oxygens (including phenoxy) is 1. The molecule has 0 bridgehead atoms. The first-order valence-corrected chi connectivity index (χ1v) is 6.97. The highest BCUT2D eigenvalue weighted by Crippen LogP contribution is 2.31. The highest BCUT2D eigenvalue weighted by atomic mass is 19.4. The third-order valence-corrected chi connectivity index (χ3v) is 3.65. The molecule has 116 valence electrons. The van der Waals surface area contributed by atoms with Crippen molar-refractivity contribution in [1.82, 2.24) is 4.90 Å². The van der Waals surface area contributed by atoms with E-state index in [9.17, 15) is 18.0 Å². The van der Waals surface area contributed by atoms with E-state index in [2.05, 4.69) is 0 Å². The molecule has 0 aliphatic carbocycles. The summed E-state index contributed by atoms with van der Waals surface area (Å²) in [6.45, 7) is 2.43. The van der Waals surface area contributed by atoms with Gasteiger partial charge < -0.3 is 9.64 Å². The standard InChI is InChI=1S/C15H18F3NO2/c1-11-5-2-3-8-19(11)14(20)10-21-13-7-4-6-12(9-13)15(16,17)18/h4,6-7,9,11H,2-3,5,8,10H2,1H3. The van der Waals surface area contributed by atoms with Crippen LogP contribution in [0.4, 0.5) is 13.2 Å². The Labute approximate surface area is 121 Å². The van der Waals surface area contributed by atoms with Gasteiger partial charge in [0.15, 0.2) is 6.61 Å². The van der Waals surface area contributed by atoms with Gasteiger partial charge in [-0.2, -0.15) is 13.2 Å². The number of nitrogens with zero attached hydrogens (tertiary/aromatic N) is 1. The van der Waals surface area contributed by atoms with Crippen molar-refractivity contribution < 1.29 is 22.7 Å². The quantitative estimate of drug-likeness (QED) is 0.855. The number of amides is 1. The molecule has 0 spiro atoms. The third kappa shape index (κ3) is 4.12. The van der Waals surface area contributed by atoms with Crippen LogP contribution in [0.2, 0.25) is 0 Å². The Morgan fingerprint density at radius 2 is 2.14 bits per heavy atom. The lowest BCUT2D eigenvalue weighted by Crippen LogP contribution is -2.44. The zero-order valence-electron chi connectivity index (χ0n) is 11.8. The predicted molar refractivity (Wildman–Crippen MR) is 72.0 cm³/mol. The minimum atomic E-state index is -4.41. The van der Waals surface area contributed by atoms with Gasteiger partial charge in [-0.05, 0) is 44.4 Å². The van der Waals surface area contributed by atoms with Crippen LogP contribution in [0.3, 0.4) is 0 Å². The lowest BCUT2D eigenvalue weighted by atomic mass is 10.0. The molecule has 0 saturated carbocycles. The summed E-state index contributed by atoms with van der Waals surface area (Å²) in [5.74, 6) is -0.123. The second-order valence-corrected chi connectivity index (χ2v) is 5.25. The Morgan fingerprint density at radius 1 is 1.38 bits per heavy atom. The maximum Gasteiger partial charge on any atom is 0.416 e. The molecule has 21 heavy (non-hydrogen) atoms. The van der Waals surface area contributed by atoms with Crippen LogP contribution < -0.4 is 4.74 Å². The number of carbonyl (C=O) groups excluding carboxylic acids is 1. The summed E-state index contributed by atoms with van der Waals surface area (Å²) in [5, 5.41) is 0. The summed E-state index contributed by atoms with van der Waals surface area (Å²) in [6.07, 6.45) is -1.40. The molecular formula is C15H18F3NO2. The van der Waals surface area contributed by atoms with Gasteiger partial charge in [0.25, 0.3) is 5.91 Å². The predicted octanol–water partition coefficient (Wildman–Crippen LogP) is 3.49. The topological polar surface area (TPSA) is 29.5 Å². The van der Waals surface area contributed by atoms with E-state index in [-0.39, 0.29) is 24.3 Å². The summed E-state index contributed by atoms with van der Waals surface area (Å²) in [5.41, 5.74) is -0.779. The average molecular weight is 301 g/mol. The van der Waals surface area contributed by atoms with E-state index in [4.69, 9.17) is 4.74 Å². The van der Waals surface area contributed by atoms with E-state index in [0.29, 0.717) is 6.54 Å². The van der Waals surface area contributed by atoms with Crippen molar-refractivity contribution in [1.29, 1.82) is 0 Å². The van der Waals surface area contributed by atoms with Gasteiger partial charge in [0.2, 0.25) is 0 Å². The van der Waals surface area contributed by atoms with Crippen LogP contribution in [0.5, 0.6) is 5.75 Å². The van der Waals surface area contributed by atoms with Gasteiger partial charge in [-0.15, -0.1) is 0 Å². The summed E-state index contributed by atoms with van der Waals surface area (Å²) >= 11 is 0. The maximum atomic E-state index is 12.6. The number of likely N-dealkylation sites (tertiary alicyclic amines) is 1. The molecule has 1 aliphatic heterocycles. The van der Waals surface area contributed by atoms with Crippen LogP contribution in [0.1, 0.15) is 31.7 Å². The van der Waals surface area contributed by atoms with Gasteiger partial charge in [0, 0.05) is 12.6 Å². The molecule has 0 N–H and O–H groups in total. The molecule has 1 heterocycles. The summed E-state index contributed by atoms with van der Waals surface area (Å²) in [6, 6.07) is 4.74. The average Bonchev–Trinajstić information content (AvgIpc) is 2.45. The summed E-state index contributed by atoms with van der Waals surface area (Å²) < 4.78 is 42.9. The largest absolute Gasteiger partial charge is 0.484 e. The second-order valence-electron chi connectivity index (χ2n) is 5.25. The van der Waals surface area contributed by atoms with Gasteiger partial charge in [-0.1, -0.05) is 6.07 Å². The van der Waals surface area contributed by atoms with Crippen molar-refractivity contribution >= 4 is 5.91 Å². The molecule has 1 aromatic rings. The molecule has 1 unspecified atom stereocenters. The zero-order valence-corrected chi connectivity index (χ0v) is 11.8. The summed E-state index contributed by atoms with van der Waals surface area (Å²) in [7, 11) is 0. The molecule has 6 heteroatoms. The van der Waals surface area contributed by atoms with Crippen LogP contribution in [0.25, 0.3) is 0 Å². The van der Waals surface area contributed by atoms with E-state index in [1.54, 1.807) is 4.90 Å². The maximum absolute atomic E-state index is 12.6. The fraction of sp³-hybridized carbons (Fsp3) is 0.533. The molecule has 1 aliphatic rings. The SMILES string of the molecule is CC1CCCCN1C(=O)COc1cccc(C(F)(F)F)c1. The number of hydrogen-bond acceptors (Lipinski definition) is 2. The van der Waals surface area contributed by atoms with Crippen molar-refractivity contribution in [3.8, 4) is 5.75 Å². The fourth-order valence-corrected chi connectivity index (χ4v) is 2.46. The number of alkyl halides is 3. The number of benzene rings is 1. The molecule has 0 radical (unpaired) electrons. The van der Waals surface area contributed by atoms with Gasteiger partial charge in [0.05, 0.1) is 5.56 Å². The van der Waals surface area contributed by atoms with E-state index >= 15 is 0 Å². The molecule has 3 nitrogen and oxygen atoms in total. The van der Waals surface area contributed by atoms with Crippen LogP contribution in [0.15, 0.2) is 24.3 Å². The number of rotatable bonds is 3. The number of carbonyl (C=O) groups is 1. The van der Waals surface area contributed by atoms with Gasteiger partial charge >= 0.3 is 6.18 Å². The number of halogens is 3. The highest BCUT2D eigenvalue weighted by molar-refractivity contribution is 5.78. The van der Waals surface area contributed by atoms with Crippen LogP contribution in [0, 0.1) is 0 Å². The molecular weight excluding hydrogens is 283 g/mol. The highest BCUT2D eigenvalue weighted by Gasteiger charge is 2.30. The Balaban J connectivity index is 1.95. The third-order valence-electron chi connectivity index (χ3n) is 3.65. The monoisotopic (exact) mass is 301 g/mol. The van der Waals surface area contributed by atoms with Crippen molar-refractivity contribution in [2.75, 3.05) is 13.2 Å². The van der Waals surface area contributed by atoms with Crippen LogP contribution in [-0.2, 0) is 11.0 Å². The molecule has 1 amide bonds. The number of hydrogen-bond donors (Lipinski definition) is 0. The van der Waals surface area contributed by atoms with Gasteiger partial charge in [-0.3, -0.25) is 4.79 Å². The number of piperidine rings is 1. The first-order chi connectivity index (χ1) is 9.88. The van der Waals surface area contributed by atoms with E-state index in [1.165, 1.54) is 12.1 Å². The molecule has 1 atom stereocenters. The molecule has 0 aromatic heterocycles. The van der Waals surface area contributed by atoms with E-state index in [1.807, 2.05) is 6.92 Å². The van der Waals surface area contributed by atoms with Crippen LogP contribution >= 0.6 is 0 Å². The second kappa shape index (κ2) is 6.37.